The first-order valence-electron chi connectivity index (χ1n) is 7.48. The third-order valence-electron chi connectivity index (χ3n) is 3.69. The van der Waals surface area contributed by atoms with Gasteiger partial charge in [0.25, 0.3) is 0 Å². The van der Waals surface area contributed by atoms with Gasteiger partial charge in [-0.15, -0.1) is 0 Å². The van der Waals surface area contributed by atoms with Gasteiger partial charge in [-0.3, -0.25) is 4.79 Å². The maximum Gasteiger partial charge on any atom is 0.228 e. The topological polar surface area (TPSA) is 47.6 Å². The van der Waals surface area contributed by atoms with Crippen molar-refractivity contribution in [1.29, 1.82) is 0 Å². The van der Waals surface area contributed by atoms with E-state index < -0.39 is 0 Å². The first-order valence-corrected chi connectivity index (χ1v) is 7.86. The van der Waals surface area contributed by atoms with Crippen molar-refractivity contribution in [3.8, 4) is 11.5 Å². The van der Waals surface area contributed by atoms with Crippen LogP contribution in [0.2, 0.25) is 5.02 Å². The molecule has 0 spiro atoms. The Morgan fingerprint density at radius 3 is 2.78 bits per heavy atom. The molecule has 2 aromatic carbocycles. The SMILES string of the molecule is Cc1ccc(C)c(NC(=O)Cc2cc(Cl)c3c(c2)OCCO3)c1. The number of carbonyl (C=O) groups excluding carboxylic acids is 1. The maximum absolute atomic E-state index is 12.3. The van der Waals surface area contributed by atoms with Crippen molar-refractivity contribution in [3.63, 3.8) is 0 Å². The lowest BCUT2D eigenvalue weighted by molar-refractivity contribution is -0.115. The molecule has 0 fully saturated rings. The zero-order valence-electron chi connectivity index (χ0n) is 13.1. The highest BCUT2D eigenvalue weighted by Crippen LogP contribution is 2.38. The molecule has 0 saturated carbocycles. The second-order valence-electron chi connectivity index (χ2n) is 5.65. The van der Waals surface area contributed by atoms with Crippen molar-refractivity contribution in [2.75, 3.05) is 18.5 Å². The number of anilines is 1. The molecule has 23 heavy (non-hydrogen) atoms. The fourth-order valence-corrected chi connectivity index (χ4v) is 2.80. The van der Waals surface area contributed by atoms with Gasteiger partial charge in [-0.25, -0.2) is 0 Å². The molecule has 1 N–H and O–H groups in total. The van der Waals surface area contributed by atoms with Crippen LogP contribution >= 0.6 is 11.6 Å². The number of halogens is 1. The van der Waals surface area contributed by atoms with Crippen LogP contribution in [0.5, 0.6) is 11.5 Å². The number of amides is 1. The van der Waals surface area contributed by atoms with Gasteiger partial charge in [-0.1, -0.05) is 23.7 Å². The van der Waals surface area contributed by atoms with Crippen LogP contribution in [0.1, 0.15) is 16.7 Å². The second-order valence-corrected chi connectivity index (χ2v) is 6.05. The monoisotopic (exact) mass is 331 g/mol. The van der Waals surface area contributed by atoms with Crippen molar-refractivity contribution in [2.24, 2.45) is 0 Å². The van der Waals surface area contributed by atoms with Gasteiger partial charge in [0.05, 0.1) is 11.4 Å². The molecule has 1 aliphatic rings. The number of ether oxygens (including phenoxy) is 2. The molecule has 120 valence electrons. The largest absolute Gasteiger partial charge is 0.486 e. The molecule has 0 aliphatic carbocycles. The minimum atomic E-state index is -0.0913. The van der Waals surface area contributed by atoms with Crippen LogP contribution in [0.3, 0.4) is 0 Å². The molecule has 3 rings (SSSR count). The van der Waals surface area contributed by atoms with Gasteiger partial charge >= 0.3 is 0 Å². The molecule has 1 heterocycles. The smallest absolute Gasteiger partial charge is 0.228 e. The number of aryl methyl sites for hydroxylation is 2. The molecule has 0 unspecified atom stereocenters. The van der Waals surface area contributed by atoms with Crippen LogP contribution in [0.4, 0.5) is 5.69 Å². The van der Waals surface area contributed by atoms with Crippen LogP contribution in [0.25, 0.3) is 0 Å². The molecule has 0 radical (unpaired) electrons. The van der Waals surface area contributed by atoms with E-state index in [0.717, 1.165) is 22.4 Å². The summed E-state index contributed by atoms with van der Waals surface area (Å²) >= 11 is 6.20. The molecule has 0 saturated heterocycles. The van der Waals surface area contributed by atoms with Gasteiger partial charge in [0.15, 0.2) is 11.5 Å². The predicted molar refractivity (Wildman–Crippen MR) is 90.7 cm³/mol. The van der Waals surface area contributed by atoms with E-state index in [1.54, 1.807) is 6.07 Å². The third kappa shape index (κ3) is 3.59. The predicted octanol–water partition coefficient (Wildman–Crippen LogP) is 3.91. The number of fused-ring (bicyclic) bond motifs is 1. The van der Waals surface area contributed by atoms with E-state index in [1.807, 2.05) is 38.1 Å². The molecule has 0 aromatic heterocycles. The Balaban J connectivity index is 1.75. The van der Waals surface area contributed by atoms with Crippen LogP contribution in [-0.2, 0) is 11.2 Å². The zero-order valence-corrected chi connectivity index (χ0v) is 13.9. The molecule has 0 atom stereocenters. The fourth-order valence-electron chi connectivity index (χ4n) is 2.52. The summed E-state index contributed by atoms with van der Waals surface area (Å²) in [4.78, 5) is 12.3. The normalized spacial score (nSPS) is 12.8. The number of hydrogen-bond donors (Lipinski definition) is 1. The molecule has 5 heteroatoms. The van der Waals surface area contributed by atoms with Crippen molar-refractivity contribution < 1.29 is 14.3 Å². The molecule has 1 aliphatic heterocycles. The summed E-state index contributed by atoms with van der Waals surface area (Å²) in [7, 11) is 0. The number of rotatable bonds is 3. The summed E-state index contributed by atoms with van der Waals surface area (Å²) < 4.78 is 11.0. The quantitative estimate of drug-likeness (QED) is 0.927. The Hall–Kier alpha value is -2.20. The second kappa shape index (κ2) is 6.50. The van der Waals surface area contributed by atoms with E-state index in [0.29, 0.717) is 29.7 Å². The van der Waals surface area contributed by atoms with E-state index in [9.17, 15) is 4.79 Å². The number of carbonyl (C=O) groups is 1. The Labute approximate surface area is 140 Å². The summed E-state index contributed by atoms with van der Waals surface area (Å²) in [5.74, 6) is 1.06. The zero-order chi connectivity index (χ0) is 16.4. The van der Waals surface area contributed by atoms with E-state index in [2.05, 4.69) is 5.32 Å². The average Bonchev–Trinajstić information content (AvgIpc) is 2.51. The highest BCUT2D eigenvalue weighted by atomic mass is 35.5. The molecule has 0 bridgehead atoms. The first kappa shape index (κ1) is 15.7. The lowest BCUT2D eigenvalue weighted by Crippen LogP contribution is -2.17. The standard InChI is InChI=1S/C18H18ClNO3/c1-11-3-4-12(2)15(7-11)20-17(21)10-13-8-14(19)18-16(9-13)22-5-6-23-18/h3-4,7-9H,5-6,10H2,1-2H3,(H,20,21). The van der Waals surface area contributed by atoms with Gasteiger partial charge < -0.3 is 14.8 Å². The summed E-state index contributed by atoms with van der Waals surface area (Å²) in [6.07, 6.45) is 0.226. The van der Waals surface area contributed by atoms with Crippen LogP contribution in [0.15, 0.2) is 30.3 Å². The number of benzene rings is 2. The molecule has 4 nitrogen and oxygen atoms in total. The first-order chi connectivity index (χ1) is 11.0. The molecule has 2 aromatic rings. The Kier molecular flexibility index (Phi) is 4.44. The Morgan fingerprint density at radius 1 is 1.17 bits per heavy atom. The highest BCUT2D eigenvalue weighted by molar-refractivity contribution is 6.32. The minimum absolute atomic E-state index is 0.0913. The lowest BCUT2D eigenvalue weighted by Gasteiger charge is -2.20. The van der Waals surface area contributed by atoms with Crippen molar-refractivity contribution in [1.82, 2.24) is 0 Å². The van der Waals surface area contributed by atoms with Gasteiger partial charge in [0, 0.05) is 5.69 Å². The van der Waals surface area contributed by atoms with Gasteiger partial charge in [-0.05, 0) is 48.7 Å². The van der Waals surface area contributed by atoms with Crippen LogP contribution in [-0.4, -0.2) is 19.1 Å². The minimum Gasteiger partial charge on any atom is -0.486 e. The molecule has 1 amide bonds. The Bertz CT molecular complexity index is 758. The number of nitrogens with one attached hydrogen (secondary N) is 1. The molecular formula is C18H18ClNO3. The summed E-state index contributed by atoms with van der Waals surface area (Å²) in [5, 5.41) is 3.41. The summed E-state index contributed by atoms with van der Waals surface area (Å²) in [6.45, 7) is 4.94. The van der Waals surface area contributed by atoms with E-state index in [-0.39, 0.29) is 12.3 Å². The van der Waals surface area contributed by atoms with Gasteiger partial charge in [-0.2, -0.15) is 0 Å². The third-order valence-corrected chi connectivity index (χ3v) is 3.97. The average molecular weight is 332 g/mol. The molecular weight excluding hydrogens is 314 g/mol. The van der Waals surface area contributed by atoms with E-state index in [4.69, 9.17) is 21.1 Å². The Morgan fingerprint density at radius 2 is 1.96 bits per heavy atom. The van der Waals surface area contributed by atoms with E-state index in [1.165, 1.54) is 0 Å². The van der Waals surface area contributed by atoms with Crippen LogP contribution in [0, 0.1) is 13.8 Å². The lowest BCUT2D eigenvalue weighted by atomic mass is 10.1. The number of hydrogen-bond acceptors (Lipinski definition) is 3. The highest BCUT2D eigenvalue weighted by Gasteiger charge is 2.17. The van der Waals surface area contributed by atoms with Crippen molar-refractivity contribution >= 4 is 23.2 Å². The fraction of sp³-hybridized carbons (Fsp3) is 0.278. The summed E-state index contributed by atoms with van der Waals surface area (Å²) in [6, 6.07) is 9.53. The van der Waals surface area contributed by atoms with Crippen molar-refractivity contribution in [3.05, 3.63) is 52.0 Å². The maximum atomic E-state index is 12.3. The van der Waals surface area contributed by atoms with Crippen LogP contribution < -0.4 is 14.8 Å². The van der Waals surface area contributed by atoms with Crippen molar-refractivity contribution in [2.45, 2.75) is 20.3 Å². The van der Waals surface area contributed by atoms with Gasteiger partial charge in [0.1, 0.15) is 13.2 Å². The van der Waals surface area contributed by atoms with E-state index >= 15 is 0 Å². The summed E-state index contributed by atoms with van der Waals surface area (Å²) in [5.41, 5.74) is 3.76. The van der Waals surface area contributed by atoms with Gasteiger partial charge in [0.2, 0.25) is 5.91 Å².